The summed E-state index contributed by atoms with van der Waals surface area (Å²) in [5.41, 5.74) is 0. The molecule has 0 aromatic carbocycles. The average molecular weight is 222 g/mol. The minimum atomic E-state index is -1.59. The van der Waals surface area contributed by atoms with Crippen molar-refractivity contribution in [1.82, 2.24) is 0 Å². The van der Waals surface area contributed by atoms with Crippen LogP contribution in [0.4, 0.5) is 0 Å². The summed E-state index contributed by atoms with van der Waals surface area (Å²) < 4.78 is 5.02. The van der Waals surface area contributed by atoms with E-state index in [-0.39, 0.29) is 0 Å². The number of rotatable bonds is 3. The SMILES string of the molecule is CO[SiH2]C1(O)CCCCC1(O)[SiH2]O. The highest BCUT2D eigenvalue weighted by Gasteiger charge is 2.51. The normalized spacial score (nSPS) is 42.5. The Balaban J connectivity index is 2.76. The molecular formula is C7H18O4Si2. The second-order valence-corrected chi connectivity index (χ2v) is 7.38. The van der Waals surface area contributed by atoms with Gasteiger partial charge in [0, 0.05) is 7.11 Å². The van der Waals surface area contributed by atoms with Crippen LogP contribution in [0, 0.1) is 0 Å². The largest absolute Gasteiger partial charge is 0.435 e. The summed E-state index contributed by atoms with van der Waals surface area (Å²) in [5, 5.41) is 17.9. The predicted molar refractivity (Wildman–Crippen MR) is 54.7 cm³/mol. The first kappa shape index (κ1) is 11.3. The molecule has 1 aliphatic carbocycles. The van der Waals surface area contributed by atoms with E-state index in [9.17, 15) is 15.0 Å². The molecule has 1 aliphatic rings. The van der Waals surface area contributed by atoms with E-state index in [4.69, 9.17) is 4.43 Å². The zero-order chi connectivity index (χ0) is 9.95. The summed E-state index contributed by atoms with van der Waals surface area (Å²) in [7, 11) is -1.19. The summed E-state index contributed by atoms with van der Waals surface area (Å²) in [6, 6.07) is 0. The minimum absolute atomic E-state index is 0.530. The number of hydrogen-bond acceptors (Lipinski definition) is 4. The first-order valence-corrected chi connectivity index (χ1v) is 7.25. The lowest BCUT2D eigenvalue weighted by molar-refractivity contribution is -0.0874. The molecule has 4 nitrogen and oxygen atoms in total. The van der Waals surface area contributed by atoms with Gasteiger partial charge in [0.2, 0.25) is 0 Å². The second kappa shape index (κ2) is 4.20. The van der Waals surface area contributed by atoms with Gasteiger partial charge >= 0.3 is 0 Å². The van der Waals surface area contributed by atoms with Crippen LogP contribution in [0.15, 0.2) is 0 Å². The van der Waals surface area contributed by atoms with Crippen LogP contribution >= 0.6 is 0 Å². The van der Waals surface area contributed by atoms with Gasteiger partial charge in [-0.1, -0.05) is 12.8 Å². The predicted octanol–water partition coefficient (Wildman–Crippen LogP) is -2.26. The third-order valence-corrected chi connectivity index (χ3v) is 6.75. The average Bonchev–Trinajstić information content (AvgIpc) is 2.11. The van der Waals surface area contributed by atoms with Crippen molar-refractivity contribution < 1.29 is 19.4 Å². The lowest BCUT2D eigenvalue weighted by Gasteiger charge is -2.45. The fraction of sp³-hybridized carbons (Fsp3) is 1.00. The third-order valence-electron chi connectivity index (χ3n) is 2.94. The van der Waals surface area contributed by atoms with Gasteiger partial charge in [-0.25, -0.2) is 0 Å². The Bertz CT molecular complexity index is 176. The Kier molecular flexibility index (Phi) is 3.67. The smallest absolute Gasteiger partial charge is 0.196 e. The van der Waals surface area contributed by atoms with Gasteiger partial charge < -0.3 is 19.4 Å². The molecule has 6 heteroatoms. The van der Waals surface area contributed by atoms with Crippen molar-refractivity contribution in [2.45, 2.75) is 36.1 Å². The molecule has 1 rings (SSSR count). The maximum Gasteiger partial charge on any atom is 0.196 e. The molecule has 78 valence electrons. The van der Waals surface area contributed by atoms with Crippen molar-refractivity contribution >= 4 is 19.5 Å². The van der Waals surface area contributed by atoms with Gasteiger partial charge in [0.15, 0.2) is 19.5 Å². The molecule has 0 amide bonds. The molecule has 0 radical (unpaired) electrons. The molecule has 2 unspecified atom stereocenters. The first-order chi connectivity index (χ1) is 6.08. The maximum absolute atomic E-state index is 10.2. The lowest BCUT2D eigenvalue weighted by Crippen LogP contribution is -2.63. The van der Waals surface area contributed by atoms with Gasteiger partial charge in [-0.3, -0.25) is 0 Å². The highest BCUT2D eigenvalue weighted by Crippen LogP contribution is 2.35. The highest BCUT2D eigenvalue weighted by atomic mass is 28.2. The van der Waals surface area contributed by atoms with E-state index in [0.717, 1.165) is 12.8 Å². The molecule has 0 bridgehead atoms. The van der Waals surface area contributed by atoms with E-state index in [1.165, 1.54) is 0 Å². The van der Waals surface area contributed by atoms with Crippen molar-refractivity contribution in [3.05, 3.63) is 0 Å². The van der Waals surface area contributed by atoms with Crippen molar-refractivity contribution in [2.75, 3.05) is 7.11 Å². The van der Waals surface area contributed by atoms with Gasteiger partial charge in [-0.15, -0.1) is 0 Å². The van der Waals surface area contributed by atoms with E-state index in [1.54, 1.807) is 7.11 Å². The fourth-order valence-corrected chi connectivity index (χ4v) is 4.81. The standard InChI is InChI=1S/C7H18O4Si2/c1-11-13-7(9)5-3-2-4-6(7,8)12-10/h8-10H,2-5,12-13H2,1H3. The van der Waals surface area contributed by atoms with Crippen molar-refractivity contribution in [2.24, 2.45) is 0 Å². The Morgan fingerprint density at radius 2 is 1.69 bits per heavy atom. The molecule has 0 spiro atoms. The zero-order valence-electron chi connectivity index (χ0n) is 7.99. The molecule has 0 heterocycles. The van der Waals surface area contributed by atoms with Crippen molar-refractivity contribution in [3.63, 3.8) is 0 Å². The number of aliphatic hydroxyl groups is 2. The Morgan fingerprint density at radius 3 is 2.15 bits per heavy atom. The minimum Gasteiger partial charge on any atom is -0.435 e. The van der Waals surface area contributed by atoms with E-state index in [2.05, 4.69) is 0 Å². The lowest BCUT2D eigenvalue weighted by atomic mass is 9.93. The van der Waals surface area contributed by atoms with Gasteiger partial charge in [0.05, 0.1) is 0 Å². The first-order valence-electron chi connectivity index (χ1n) is 4.62. The van der Waals surface area contributed by atoms with Crippen LogP contribution in [0.3, 0.4) is 0 Å². The summed E-state index contributed by atoms with van der Waals surface area (Å²) in [5.74, 6) is 0. The molecule has 0 saturated heterocycles. The van der Waals surface area contributed by atoms with Crippen molar-refractivity contribution in [3.8, 4) is 0 Å². The molecule has 0 aliphatic heterocycles. The molecule has 3 N–H and O–H groups in total. The summed E-state index contributed by atoms with van der Waals surface area (Å²) in [6.07, 6.45) is 2.92. The Hall–Kier alpha value is 0.274. The van der Waals surface area contributed by atoms with E-state index in [1.807, 2.05) is 0 Å². The summed E-state index contributed by atoms with van der Waals surface area (Å²) >= 11 is 0. The molecular weight excluding hydrogens is 204 g/mol. The summed E-state index contributed by atoms with van der Waals surface area (Å²) in [4.78, 5) is 9.21. The van der Waals surface area contributed by atoms with Gasteiger partial charge in [0.1, 0.15) is 10.4 Å². The van der Waals surface area contributed by atoms with E-state index < -0.39 is 30.0 Å². The molecule has 1 saturated carbocycles. The topological polar surface area (TPSA) is 69.9 Å². The Labute approximate surface area is 82.8 Å². The monoisotopic (exact) mass is 222 g/mol. The van der Waals surface area contributed by atoms with Crippen LogP contribution in [0.1, 0.15) is 25.7 Å². The van der Waals surface area contributed by atoms with Crippen LogP contribution in [0.25, 0.3) is 0 Å². The van der Waals surface area contributed by atoms with Crippen LogP contribution in [0.2, 0.25) is 0 Å². The van der Waals surface area contributed by atoms with Crippen LogP contribution in [-0.4, -0.2) is 52.1 Å². The van der Waals surface area contributed by atoms with Crippen LogP contribution in [-0.2, 0) is 4.43 Å². The molecule has 13 heavy (non-hydrogen) atoms. The van der Waals surface area contributed by atoms with Gasteiger partial charge in [0.25, 0.3) is 0 Å². The zero-order valence-corrected chi connectivity index (χ0v) is 10.8. The van der Waals surface area contributed by atoms with Crippen molar-refractivity contribution in [1.29, 1.82) is 0 Å². The van der Waals surface area contributed by atoms with Crippen LogP contribution in [0.5, 0.6) is 0 Å². The highest BCUT2D eigenvalue weighted by molar-refractivity contribution is 6.40. The molecule has 0 aromatic rings. The number of hydrogen-bond donors (Lipinski definition) is 3. The second-order valence-electron chi connectivity index (χ2n) is 3.86. The third kappa shape index (κ3) is 2.03. The fourth-order valence-electron chi connectivity index (χ4n) is 1.97. The molecule has 0 aromatic heterocycles. The molecule has 1 fully saturated rings. The maximum atomic E-state index is 10.2. The van der Waals surface area contributed by atoms with Crippen LogP contribution < -0.4 is 0 Å². The molecule has 2 atom stereocenters. The van der Waals surface area contributed by atoms with E-state index >= 15 is 0 Å². The van der Waals surface area contributed by atoms with Gasteiger partial charge in [-0.2, -0.15) is 0 Å². The van der Waals surface area contributed by atoms with E-state index in [0.29, 0.717) is 12.8 Å². The quantitative estimate of drug-likeness (QED) is 0.472. The summed E-state index contributed by atoms with van der Waals surface area (Å²) in [6.45, 7) is 0. The Morgan fingerprint density at radius 1 is 1.15 bits per heavy atom. The van der Waals surface area contributed by atoms with Gasteiger partial charge in [-0.05, 0) is 12.8 Å².